The van der Waals surface area contributed by atoms with Gasteiger partial charge in [-0.3, -0.25) is 0 Å². The second-order valence-corrected chi connectivity index (χ2v) is 3.31. The molecule has 0 N–H and O–H groups in total. The van der Waals surface area contributed by atoms with Crippen LogP contribution in [0.15, 0.2) is 34.5 Å². The molecule has 0 bridgehead atoms. The van der Waals surface area contributed by atoms with Crippen LogP contribution in [0.2, 0.25) is 5.02 Å². The van der Waals surface area contributed by atoms with E-state index < -0.39 is 11.8 Å². The fourth-order valence-electron chi connectivity index (χ4n) is 1.12. The van der Waals surface area contributed by atoms with Crippen LogP contribution in [0.4, 0.5) is 13.2 Å². The number of nitrogens with zero attached hydrogens (tertiary/aromatic N) is 2. The summed E-state index contributed by atoms with van der Waals surface area (Å²) in [6.07, 6.45) is -4.47. The minimum absolute atomic E-state index is 0.00519. The minimum Gasteiger partial charge on any atom is -0.166 e. The summed E-state index contributed by atoms with van der Waals surface area (Å²) in [5.74, 6) is 0. The van der Waals surface area contributed by atoms with Gasteiger partial charge in [0.2, 0.25) is 0 Å². The van der Waals surface area contributed by atoms with E-state index in [-0.39, 0.29) is 5.56 Å². The Hall–Kier alpha value is -1.10. The van der Waals surface area contributed by atoms with Crippen molar-refractivity contribution in [2.45, 2.75) is 11.8 Å². The van der Waals surface area contributed by atoms with Crippen LogP contribution in [-0.4, -0.2) is 6.18 Å². The number of benzene rings is 1. The maximum Gasteiger partial charge on any atom is 0.442 e. The van der Waals surface area contributed by atoms with Crippen molar-refractivity contribution in [2.24, 2.45) is 10.2 Å². The van der Waals surface area contributed by atoms with Crippen LogP contribution >= 0.6 is 11.6 Å². The van der Waals surface area contributed by atoms with Crippen molar-refractivity contribution in [3.8, 4) is 0 Å². The molecular formula is C8H4ClF3N2. The second-order valence-electron chi connectivity index (χ2n) is 2.88. The molecule has 2 nitrogen and oxygen atoms in total. The Morgan fingerprint density at radius 3 is 1.93 bits per heavy atom. The highest BCUT2D eigenvalue weighted by molar-refractivity contribution is 6.30. The highest BCUT2D eigenvalue weighted by Gasteiger charge is 2.65. The Morgan fingerprint density at radius 1 is 1.07 bits per heavy atom. The predicted octanol–water partition coefficient (Wildman–Crippen LogP) is 3.52. The quantitative estimate of drug-likeness (QED) is 0.692. The van der Waals surface area contributed by atoms with Crippen LogP contribution in [0.25, 0.3) is 0 Å². The molecule has 0 fully saturated rings. The fraction of sp³-hybridized carbons (Fsp3) is 0.250. The maximum absolute atomic E-state index is 12.5. The third-order valence-corrected chi connectivity index (χ3v) is 2.19. The Balaban J connectivity index is 2.37. The minimum atomic E-state index is -4.47. The Kier molecular flexibility index (Phi) is 1.82. The van der Waals surface area contributed by atoms with Gasteiger partial charge >= 0.3 is 11.8 Å². The van der Waals surface area contributed by atoms with Gasteiger partial charge in [0, 0.05) is 10.6 Å². The average Bonchev–Trinajstić information content (AvgIpc) is 2.84. The van der Waals surface area contributed by atoms with Gasteiger partial charge in [-0.1, -0.05) is 23.7 Å². The number of rotatable bonds is 1. The standard InChI is InChI=1S/C8H4ClF3N2/c9-6-3-1-5(2-4-6)7(13-14-7)8(10,11)12/h1-4H. The van der Waals surface area contributed by atoms with Gasteiger partial charge in [-0.25, -0.2) is 0 Å². The molecule has 0 atom stereocenters. The van der Waals surface area contributed by atoms with Gasteiger partial charge in [0.1, 0.15) is 0 Å². The van der Waals surface area contributed by atoms with E-state index in [2.05, 4.69) is 10.2 Å². The molecule has 0 aromatic heterocycles. The molecule has 2 rings (SSSR count). The van der Waals surface area contributed by atoms with Crippen LogP contribution < -0.4 is 0 Å². The van der Waals surface area contributed by atoms with E-state index >= 15 is 0 Å². The van der Waals surface area contributed by atoms with E-state index in [9.17, 15) is 13.2 Å². The second kappa shape index (κ2) is 2.70. The predicted molar refractivity (Wildman–Crippen MR) is 44.0 cm³/mol. The van der Waals surface area contributed by atoms with Crippen molar-refractivity contribution >= 4 is 11.6 Å². The summed E-state index contributed by atoms with van der Waals surface area (Å²) in [6.45, 7) is 0. The molecular weight excluding hydrogens is 217 g/mol. The Labute approximate surface area is 82.4 Å². The molecule has 0 amide bonds. The number of halogens is 4. The summed E-state index contributed by atoms with van der Waals surface area (Å²) in [5, 5.41) is 6.51. The van der Waals surface area contributed by atoms with Gasteiger partial charge < -0.3 is 0 Å². The van der Waals surface area contributed by atoms with Crippen molar-refractivity contribution < 1.29 is 13.2 Å². The summed E-state index contributed by atoms with van der Waals surface area (Å²) in [5.41, 5.74) is -2.34. The molecule has 1 aliphatic rings. The molecule has 1 aromatic carbocycles. The molecule has 1 aromatic rings. The van der Waals surface area contributed by atoms with Gasteiger partial charge in [0.05, 0.1) is 0 Å². The summed E-state index contributed by atoms with van der Waals surface area (Å²) >= 11 is 5.55. The maximum atomic E-state index is 12.5. The first-order valence-electron chi connectivity index (χ1n) is 3.72. The van der Waals surface area contributed by atoms with Crippen molar-refractivity contribution in [2.75, 3.05) is 0 Å². The first-order chi connectivity index (χ1) is 6.46. The summed E-state index contributed by atoms with van der Waals surface area (Å²) in [4.78, 5) is 0. The lowest BCUT2D eigenvalue weighted by Gasteiger charge is -2.14. The monoisotopic (exact) mass is 220 g/mol. The van der Waals surface area contributed by atoms with Gasteiger partial charge in [0.15, 0.2) is 0 Å². The third-order valence-electron chi connectivity index (χ3n) is 1.94. The largest absolute Gasteiger partial charge is 0.442 e. The summed E-state index contributed by atoms with van der Waals surface area (Å²) in [7, 11) is 0. The van der Waals surface area contributed by atoms with E-state index in [0.717, 1.165) is 0 Å². The highest BCUT2D eigenvalue weighted by atomic mass is 35.5. The zero-order valence-electron chi connectivity index (χ0n) is 6.72. The van der Waals surface area contributed by atoms with Gasteiger partial charge in [-0.2, -0.15) is 13.2 Å². The van der Waals surface area contributed by atoms with E-state index in [1.165, 1.54) is 24.3 Å². The van der Waals surface area contributed by atoms with Gasteiger partial charge in [-0.05, 0) is 12.1 Å². The molecule has 0 saturated heterocycles. The molecule has 0 aliphatic carbocycles. The zero-order valence-corrected chi connectivity index (χ0v) is 7.47. The van der Waals surface area contributed by atoms with E-state index in [1.54, 1.807) is 0 Å². The molecule has 1 aliphatic heterocycles. The highest BCUT2D eigenvalue weighted by Crippen LogP contribution is 2.52. The third kappa shape index (κ3) is 1.28. The fourth-order valence-corrected chi connectivity index (χ4v) is 1.25. The summed E-state index contributed by atoms with van der Waals surface area (Å²) < 4.78 is 37.4. The SMILES string of the molecule is FC(F)(F)C1(c2ccc(Cl)cc2)N=N1. The normalized spacial score (nSPS) is 18.3. The van der Waals surface area contributed by atoms with Gasteiger partial charge in [0.25, 0.3) is 0 Å². The van der Waals surface area contributed by atoms with Crippen molar-refractivity contribution in [3.05, 3.63) is 34.9 Å². The van der Waals surface area contributed by atoms with Crippen LogP contribution in [0, 0.1) is 0 Å². The van der Waals surface area contributed by atoms with E-state index in [0.29, 0.717) is 5.02 Å². The molecule has 0 saturated carbocycles. The van der Waals surface area contributed by atoms with Gasteiger partial charge in [-0.15, -0.1) is 10.2 Å². The summed E-state index contributed by atoms with van der Waals surface area (Å²) in [6, 6.07) is 5.31. The van der Waals surface area contributed by atoms with Crippen LogP contribution in [0.1, 0.15) is 5.56 Å². The molecule has 6 heteroatoms. The van der Waals surface area contributed by atoms with Crippen LogP contribution in [-0.2, 0) is 5.66 Å². The smallest absolute Gasteiger partial charge is 0.166 e. The number of hydrogen-bond acceptors (Lipinski definition) is 2. The number of hydrogen-bond donors (Lipinski definition) is 0. The Bertz CT molecular complexity index is 377. The zero-order chi connectivity index (χ0) is 10.4. The molecule has 0 spiro atoms. The topological polar surface area (TPSA) is 24.7 Å². The Morgan fingerprint density at radius 2 is 1.57 bits per heavy atom. The lowest BCUT2D eigenvalue weighted by molar-refractivity contribution is -0.166. The molecule has 0 unspecified atom stereocenters. The molecule has 0 radical (unpaired) electrons. The number of alkyl halides is 3. The van der Waals surface area contributed by atoms with Crippen molar-refractivity contribution in [1.29, 1.82) is 0 Å². The van der Waals surface area contributed by atoms with Crippen molar-refractivity contribution in [1.82, 2.24) is 0 Å². The first kappa shape index (κ1) is 9.45. The van der Waals surface area contributed by atoms with E-state index in [4.69, 9.17) is 11.6 Å². The first-order valence-corrected chi connectivity index (χ1v) is 4.10. The van der Waals surface area contributed by atoms with E-state index in [1.807, 2.05) is 0 Å². The van der Waals surface area contributed by atoms with Crippen LogP contribution in [0.5, 0.6) is 0 Å². The lowest BCUT2D eigenvalue weighted by atomic mass is 10.0. The molecule has 14 heavy (non-hydrogen) atoms. The van der Waals surface area contributed by atoms with Crippen LogP contribution in [0.3, 0.4) is 0 Å². The molecule has 74 valence electrons. The average molecular weight is 221 g/mol. The molecule has 1 heterocycles. The lowest BCUT2D eigenvalue weighted by Crippen LogP contribution is -2.29. The van der Waals surface area contributed by atoms with Crippen molar-refractivity contribution in [3.63, 3.8) is 0 Å².